The van der Waals surface area contributed by atoms with Gasteiger partial charge in [-0.3, -0.25) is 13.9 Å². The predicted octanol–water partition coefficient (Wildman–Crippen LogP) is -0.398. The zero-order valence-corrected chi connectivity index (χ0v) is 5.54. The molecule has 0 amide bonds. The monoisotopic (exact) mass is 162 g/mol. The van der Waals surface area contributed by atoms with Crippen LogP contribution in [0.2, 0.25) is 0 Å². The maximum atomic E-state index is 10.5. The van der Waals surface area contributed by atoms with Gasteiger partial charge in [-0.25, -0.2) is 4.79 Å². The van der Waals surface area contributed by atoms with Crippen molar-refractivity contribution in [2.75, 3.05) is 0 Å². The second-order valence-electron chi connectivity index (χ2n) is 1.56. The zero-order valence-electron chi connectivity index (χ0n) is 4.78. The van der Waals surface area contributed by atoms with E-state index in [0.29, 0.717) is 0 Å². The number of rotatable bonds is 2. The number of halogens is 1. The summed E-state index contributed by atoms with van der Waals surface area (Å²) in [7, 11) is 0. The lowest BCUT2D eigenvalue weighted by atomic mass is 10.7. The molecule has 0 saturated heterocycles. The predicted molar refractivity (Wildman–Crippen MR) is 31.6 cm³/mol. The number of carbonyl (C=O) groups excluding carboxylic acids is 1. The fraction of sp³-hybridized carbons (Fsp3) is 0.250. The molecule has 5 nitrogen and oxygen atoms in total. The molecule has 54 valence electrons. The Kier molecular flexibility index (Phi) is 1.86. The Balaban J connectivity index is 2.85. The van der Waals surface area contributed by atoms with Crippen LogP contribution in [0.25, 0.3) is 0 Å². The highest BCUT2D eigenvalue weighted by molar-refractivity contribution is 6.63. The van der Waals surface area contributed by atoms with Crippen molar-refractivity contribution in [3.63, 3.8) is 0 Å². The number of nitrogens with zero attached hydrogens (tertiary/aromatic N) is 2. The van der Waals surface area contributed by atoms with Gasteiger partial charge in [0.2, 0.25) is 5.24 Å². The summed E-state index contributed by atoms with van der Waals surface area (Å²) in [6, 6.07) is 0. The van der Waals surface area contributed by atoms with E-state index < -0.39 is 11.0 Å². The van der Waals surface area contributed by atoms with Crippen LogP contribution in [0, 0.1) is 0 Å². The van der Waals surface area contributed by atoms with E-state index >= 15 is 0 Å². The molecule has 1 heterocycles. The van der Waals surface area contributed by atoms with Gasteiger partial charge in [0.1, 0.15) is 12.9 Å². The van der Waals surface area contributed by atoms with Crippen LogP contribution in [0.15, 0.2) is 15.6 Å². The van der Waals surface area contributed by atoms with E-state index in [0.717, 1.165) is 10.9 Å². The first-order valence-corrected chi connectivity index (χ1v) is 2.77. The minimum absolute atomic E-state index is 0.204. The fourth-order valence-corrected chi connectivity index (χ4v) is 0.593. The van der Waals surface area contributed by atoms with Gasteiger partial charge in [-0.15, -0.1) is 0 Å². The molecular weight excluding hydrogens is 160 g/mol. The Labute approximate surface area is 60.2 Å². The van der Waals surface area contributed by atoms with Crippen molar-refractivity contribution in [2.24, 2.45) is 0 Å². The van der Waals surface area contributed by atoms with Crippen LogP contribution in [0.4, 0.5) is 0 Å². The van der Waals surface area contributed by atoms with Gasteiger partial charge in [-0.1, -0.05) is 5.16 Å². The second-order valence-corrected chi connectivity index (χ2v) is 1.98. The smallest absolute Gasteiger partial charge is 0.296 e. The molecule has 0 fully saturated rings. The molecule has 0 unspecified atom stereocenters. The third-order valence-electron chi connectivity index (χ3n) is 0.846. The lowest BCUT2D eigenvalue weighted by Gasteiger charge is -1.87. The minimum atomic E-state index is -0.686. The average molecular weight is 163 g/mol. The second kappa shape index (κ2) is 2.66. The van der Waals surface area contributed by atoms with Gasteiger partial charge in [-0.2, -0.15) is 0 Å². The van der Waals surface area contributed by atoms with Crippen molar-refractivity contribution >= 4 is 16.8 Å². The van der Waals surface area contributed by atoms with E-state index in [1.807, 2.05) is 0 Å². The largest absolute Gasteiger partial charge is 0.441 e. The summed E-state index contributed by atoms with van der Waals surface area (Å²) in [6.45, 7) is -0.204. The van der Waals surface area contributed by atoms with Crippen LogP contribution in [-0.4, -0.2) is 15.0 Å². The number of hydrogen-bond donors (Lipinski definition) is 0. The van der Waals surface area contributed by atoms with E-state index in [9.17, 15) is 9.59 Å². The number of carbonyl (C=O) groups is 1. The Bertz CT molecular complexity index is 289. The van der Waals surface area contributed by atoms with Gasteiger partial charge in [0.05, 0.1) is 0 Å². The maximum Gasteiger partial charge on any atom is 0.441 e. The Morgan fingerprint density at radius 1 is 1.90 bits per heavy atom. The fourth-order valence-electron chi connectivity index (χ4n) is 0.464. The first kappa shape index (κ1) is 7.01. The van der Waals surface area contributed by atoms with Gasteiger partial charge < -0.3 is 0 Å². The molecule has 1 aromatic heterocycles. The van der Waals surface area contributed by atoms with Crippen molar-refractivity contribution in [1.82, 2.24) is 9.72 Å². The first-order chi connectivity index (χ1) is 4.70. The summed E-state index contributed by atoms with van der Waals surface area (Å²) in [5, 5.41) is 2.51. The summed E-state index contributed by atoms with van der Waals surface area (Å²) >= 11 is 4.97. The lowest BCUT2D eigenvalue weighted by molar-refractivity contribution is -0.112. The minimum Gasteiger partial charge on any atom is -0.296 e. The Morgan fingerprint density at radius 3 is 3.00 bits per heavy atom. The normalized spacial score (nSPS) is 9.70. The topological polar surface area (TPSA) is 65.1 Å². The molecule has 0 aliphatic rings. The van der Waals surface area contributed by atoms with Crippen molar-refractivity contribution in [2.45, 2.75) is 6.54 Å². The van der Waals surface area contributed by atoms with Gasteiger partial charge >= 0.3 is 5.76 Å². The van der Waals surface area contributed by atoms with Gasteiger partial charge in [0.15, 0.2) is 0 Å². The highest BCUT2D eigenvalue weighted by Crippen LogP contribution is 1.84. The summed E-state index contributed by atoms with van der Waals surface area (Å²) in [5.74, 6) is -0.686. The van der Waals surface area contributed by atoms with Gasteiger partial charge in [0.25, 0.3) is 0 Å². The van der Waals surface area contributed by atoms with Gasteiger partial charge in [0, 0.05) is 0 Å². The molecule has 0 atom stereocenters. The third kappa shape index (κ3) is 1.44. The quantitative estimate of drug-likeness (QED) is 0.555. The molecule has 0 aliphatic heterocycles. The van der Waals surface area contributed by atoms with E-state index in [2.05, 4.69) is 9.68 Å². The van der Waals surface area contributed by atoms with Crippen LogP contribution < -0.4 is 5.76 Å². The van der Waals surface area contributed by atoms with Crippen LogP contribution in [0.3, 0.4) is 0 Å². The van der Waals surface area contributed by atoms with Crippen LogP contribution in [-0.2, 0) is 11.3 Å². The SMILES string of the molecule is O=C(Cl)Cn1cnoc1=O. The average Bonchev–Trinajstić information content (AvgIpc) is 2.15. The number of aromatic nitrogens is 2. The van der Waals surface area contributed by atoms with E-state index in [-0.39, 0.29) is 6.54 Å². The van der Waals surface area contributed by atoms with Crippen molar-refractivity contribution in [1.29, 1.82) is 0 Å². The third-order valence-corrected chi connectivity index (χ3v) is 0.966. The summed E-state index contributed by atoms with van der Waals surface area (Å²) in [6.07, 6.45) is 1.10. The van der Waals surface area contributed by atoms with E-state index in [1.165, 1.54) is 0 Å². The molecule has 1 rings (SSSR count). The highest BCUT2D eigenvalue weighted by atomic mass is 35.5. The molecule has 0 bridgehead atoms. The van der Waals surface area contributed by atoms with Crippen molar-refractivity contribution in [3.8, 4) is 0 Å². The Hall–Kier alpha value is -1.10. The molecule has 0 spiro atoms. The molecule has 10 heavy (non-hydrogen) atoms. The van der Waals surface area contributed by atoms with E-state index in [1.54, 1.807) is 0 Å². The zero-order chi connectivity index (χ0) is 7.56. The molecule has 6 heteroatoms. The van der Waals surface area contributed by atoms with Crippen LogP contribution >= 0.6 is 11.6 Å². The standard InChI is InChI=1S/C4H3ClN2O3/c5-3(8)1-7-2-6-10-4(7)9/h2H,1H2. The highest BCUT2D eigenvalue weighted by Gasteiger charge is 2.02. The molecule has 0 radical (unpaired) electrons. The molecular formula is C4H3ClN2O3. The van der Waals surface area contributed by atoms with Crippen LogP contribution in [0.1, 0.15) is 0 Å². The molecule has 0 aromatic carbocycles. The molecule has 0 N–H and O–H groups in total. The van der Waals surface area contributed by atoms with Crippen LogP contribution in [0.5, 0.6) is 0 Å². The lowest BCUT2D eigenvalue weighted by Crippen LogP contribution is -2.16. The first-order valence-electron chi connectivity index (χ1n) is 2.39. The maximum absolute atomic E-state index is 10.5. The Morgan fingerprint density at radius 2 is 2.60 bits per heavy atom. The number of hydrogen-bond acceptors (Lipinski definition) is 4. The summed E-state index contributed by atoms with van der Waals surface area (Å²) in [4.78, 5) is 20.7. The van der Waals surface area contributed by atoms with E-state index in [4.69, 9.17) is 11.6 Å². The molecule has 0 saturated carbocycles. The molecule has 0 aliphatic carbocycles. The van der Waals surface area contributed by atoms with Gasteiger partial charge in [-0.05, 0) is 11.6 Å². The van der Waals surface area contributed by atoms with Crippen molar-refractivity contribution < 1.29 is 9.32 Å². The summed E-state index contributed by atoms with van der Waals surface area (Å²) < 4.78 is 5.08. The molecule has 1 aromatic rings. The summed E-state index contributed by atoms with van der Waals surface area (Å²) in [5.41, 5.74) is 0. The van der Waals surface area contributed by atoms with Crippen molar-refractivity contribution in [3.05, 3.63) is 16.9 Å².